The highest BCUT2D eigenvalue weighted by Gasteiger charge is 2.07. The number of nitrogens with one attached hydrogen (secondary N) is 1. The van der Waals surface area contributed by atoms with Crippen LogP contribution in [0, 0.1) is 5.82 Å². The molecule has 18 heavy (non-hydrogen) atoms. The van der Waals surface area contributed by atoms with Crippen molar-refractivity contribution in [3.05, 3.63) is 53.7 Å². The Bertz CT molecular complexity index is 599. The van der Waals surface area contributed by atoms with Crippen LogP contribution >= 0.6 is 11.6 Å². The van der Waals surface area contributed by atoms with Gasteiger partial charge in [0.25, 0.3) is 0 Å². The van der Waals surface area contributed by atoms with Gasteiger partial charge < -0.3 is 5.32 Å². The Morgan fingerprint density at radius 1 is 1.33 bits per heavy atom. The van der Waals surface area contributed by atoms with Gasteiger partial charge in [-0.3, -0.25) is 4.98 Å². The van der Waals surface area contributed by atoms with E-state index in [1.54, 1.807) is 18.5 Å². The summed E-state index contributed by atoms with van der Waals surface area (Å²) in [5.74, 6) is 0.0501. The Hall–Kier alpha value is -1.94. The lowest BCUT2D eigenvalue weighted by Gasteiger charge is -2.09. The van der Waals surface area contributed by atoms with E-state index < -0.39 is 5.82 Å². The lowest BCUT2D eigenvalue weighted by atomic mass is 10.2. The molecule has 0 aliphatic carbocycles. The van der Waals surface area contributed by atoms with E-state index >= 15 is 0 Å². The molecule has 0 amide bonds. The third-order valence-corrected chi connectivity index (χ3v) is 2.59. The summed E-state index contributed by atoms with van der Waals surface area (Å²) in [6.45, 7) is 5.65. The molecule has 0 saturated carbocycles. The largest absolute Gasteiger partial charge is 0.338 e. The maximum atomic E-state index is 13.3. The molecule has 1 heterocycles. The number of halogens is 2. The zero-order chi connectivity index (χ0) is 13.1. The maximum absolute atomic E-state index is 13.3. The van der Waals surface area contributed by atoms with Crippen molar-refractivity contribution in [1.29, 1.82) is 0 Å². The molecule has 1 aromatic carbocycles. The van der Waals surface area contributed by atoms with E-state index in [1.165, 1.54) is 12.1 Å². The quantitative estimate of drug-likeness (QED) is 0.908. The van der Waals surface area contributed by atoms with Gasteiger partial charge in [0.15, 0.2) is 5.82 Å². The summed E-state index contributed by atoms with van der Waals surface area (Å²) in [4.78, 5) is 8.33. The Balaban J connectivity index is 2.34. The van der Waals surface area contributed by atoms with Gasteiger partial charge in [-0.2, -0.15) is 0 Å². The molecule has 0 spiro atoms. The van der Waals surface area contributed by atoms with E-state index in [1.807, 2.05) is 6.92 Å². The fourth-order valence-electron chi connectivity index (χ4n) is 1.45. The van der Waals surface area contributed by atoms with Gasteiger partial charge in [0.05, 0.1) is 5.02 Å². The lowest BCUT2D eigenvalue weighted by Crippen LogP contribution is -2.00. The first-order chi connectivity index (χ1) is 8.58. The summed E-state index contributed by atoms with van der Waals surface area (Å²) in [6, 6.07) is 4.46. The Labute approximate surface area is 109 Å². The summed E-state index contributed by atoms with van der Waals surface area (Å²) >= 11 is 5.62. The van der Waals surface area contributed by atoms with Crippen LogP contribution in [0.15, 0.2) is 37.2 Å². The lowest BCUT2D eigenvalue weighted by molar-refractivity contribution is 0.629. The molecule has 0 saturated heterocycles. The second-order valence-electron chi connectivity index (χ2n) is 3.79. The summed E-state index contributed by atoms with van der Waals surface area (Å²) in [5.41, 5.74) is 1.98. The van der Waals surface area contributed by atoms with Crippen molar-refractivity contribution in [2.45, 2.75) is 6.92 Å². The van der Waals surface area contributed by atoms with E-state index in [0.717, 1.165) is 5.57 Å². The van der Waals surface area contributed by atoms with Crippen LogP contribution in [0.3, 0.4) is 0 Å². The number of hydrogen-bond acceptors (Lipinski definition) is 3. The van der Waals surface area contributed by atoms with Gasteiger partial charge in [-0.1, -0.05) is 18.2 Å². The van der Waals surface area contributed by atoms with Crippen LogP contribution in [0.1, 0.15) is 12.6 Å². The molecule has 2 rings (SSSR count). The summed E-state index contributed by atoms with van der Waals surface area (Å²) in [7, 11) is 0. The van der Waals surface area contributed by atoms with Gasteiger partial charge in [0.2, 0.25) is 0 Å². The normalized spacial score (nSPS) is 10.2. The fraction of sp³-hybridized carbons (Fsp3) is 0.0769. The van der Waals surface area contributed by atoms with Gasteiger partial charge in [-0.25, -0.2) is 9.37 Å². The third-order valence-electron chi connectivity index (χ3n) is 2.28. The highest BCUT2D eigenvalue weighted by molar-refractivity contribution is 6.30. The summed E-state index contributed by atoms with van der Waals surface area (Å²) in [5, 5.41) is 3.07. The van der Waals surface area contributed by atoms with Gasteiger partial charge in [-0.15, -0.1) is 0 Å². The van der Waals surface area contributed by atoms with Crippen molar-refractivity contribution in [3.63, 3.8) is 0 Å². The third kappa shape index (κ3) is 2.65. The number of aromatic nitrogens is 2. The van der Waals surface area contributed by atoms with Crippen LogP contribution < -0.4 is 5.32 Å². The van der Waals surface area contributed by atoms with E-state index in [4.69, 9.17) is 11.6 Å². The Morgan fingerprint density at radius 2 is 2.06 bits per heavy atom. The average Bonchev–Trinajstić information content (AvgIpc) is 2.34. The van der Waals surface area contributed by atoms with Crippen LogP contribution in [0.2, 0.25) is 5.02 Å². The van der Waals surface area contributed by atoms with E-state index in [0.29, 0.717) is 17.2 Å². The first kappa shape index (κ1) is 12.5. The molecule has 2 aromatic rings. The molecule has 0 unspecified atom stereocenters. The molecule has 0 aliphatic heterocycles. The minimum absolute atomic E-state index is 0.0832. The molecule has 3 nitrogen and oxygen atoms in total. The predicted octanol–water partition coefficient (Wildman–Crippen LogP) is 4.05. The molecule has 92 valence electrons. The molecule has 1 N–H and O–H groups in total. The number of anilines is 2. The highest BCUT2D eigenvalue weighted by atomic mass is 35.5. The molecular formula is C13H11ClFN3. The smallest absolute Gasteiger partial charge is 0.156 e. The molecule has 5 heteroatoms. The van der Waals surface area contributed by atoms with Gasteiger partial charge in [-0.05, 0) is 30.7 Å². The van der Waals surface area contributed by atoms with Crippen LogP contribution in [-0.4, -0.2) is 9.97 Å². The standard InChI is InChI=1S/C13H11ClFN3/c1-8(2)12-13(17-6-5-16-12)18-9-3-4-10(14)11(15)7-9/h3-7H,1H2,2H3,(H,17,18). The van der Waals surface area contributed by atoms with Crippen LogP contribution in [-0.2, 0) is 0 Å². The van der Waals surface area contributed by atoms with Crippen molar-refractivity contribution in [2.24, 2.45) is 0 Å². The second-order valence-corrected chi connectivity index (χ2v) is 4.19. The molecular weight excluding hydrogens is 253 g/mol. The van der Waals surface area contributed by atoms with Crippen molar-refractivity contribution in [2.75, 3.05) is 5.32 Å². The Morgan fingerprint density at radius 3 is 2.72 bits per heavy atom. The first-order valence-electron chi connectivity index (χ1n) is 5.27. The number of benzene rings is 1. The number of nitrogens with zero attached hydrogens (tertiary/aromatic N) is 2. The maximum Gasteiger partial charge on any atom is 0.156 e. The number of hydrogen-bond donors (Lipinski definition) is 1. The van der Waals surface area contributed by atoms with Crippen molar-refractivity contribution < 1.29 is 4.39 Å². The minimum Gasteiger partial charge on any atom is -0.338 e. The molecule has 1 aromatic heterocycles. The van der Waals surface area contributed by atoms with Crippen molar-refractivity contribution in [3.8, 4) is 0 Å². The van der Waals surface area contributed by atoms with E-state index in [-0.39, 0.29) is 5.02 Å². The topological polar surface area (TPSA) is 37.8 Å². The summed E-state index contributed by atoms with van der Waals surface area (Å²) in [6.07, 6.45) is 3.14. The molecule has 0 atom stereocenters. The molecule has 0 fully saturated rings. The second kappa shape index (κ2) is 5.14. The van der Waals surface area contributed by atoms with Crippen molar-refractivity contribution >= 4 is 28.7 Å². The zero-order valence-electron chi connectivity index (χ0n) is 9.74. The van der Waals surface area contributed by atoms with Crippen LogP contribution in [0.4, 0.5) is 15.9 Å². The van der Waals surface area contributed by atoms with Crippen molar-refractivity contribution in [1.82, 2.24) is 9.97 Å². The summed E-state index contributed by atoms with van der Waals surface area (Å²) < 4.78 is 13.3. The molecule has 0 bridgehead atoms. The SMILES string of the molecule is C=C(C)c1nccnc1Nc1ccc(Cl)c(F)c1. The predicted molar refractivity (Wildman–Crippen MR) is 71.4 cm³/mol. The molecule has 0 radical (unpaired) electrons. The fourth-order valence-corrected chi connectivity index (χ4v) is 1.57. The van der Waals surface area contributed by atoms with E-state index in [9.17, 15) is 4.39 Å². The Kier molecular flexibility index (Phi) is 3.58. The first-order valence-corrected chi connectivity index (χ1v) is 5.64. The monoisotopic (exact) mass is 263 g/mol. The van der Waals surface area contributed by atoms with Crippen LogP contribution in [0.25, 0.3) is 5.57 Å². The zero-order valence-corrected chi connectivity index (χ0v) is 10.5. The van der Waals surface area contributed by atoms with Crippen LogP contribution in [0.5, 0.6) is 0 Å². The van der Waals surface area contributed by atoms with E-state index in [2.05, 4.69) is 21.9 Å². The van der Waals surface area contributed by atoms with Gasteiger partial charge >= 0.3 is 0 Å². The average molecular weight is 264 g/mol. The van der Waals surface area contributed by atoms with Gasteiger partial charge in [0.1, 0.15) is 11.5 Å². The highest BCUT2D eigenvalue weighted by Crippen LogP contribution is 2.24. The number of allylic oxidation sites excluding steroid dienone is 1. The minimum atomic E-state index is -0.484. The number of rotatable bonds is 3. The molecule has 0 aliphatic rings. The van der Waals surface area contributed by atoms with Gasteiger partial charge in [0, 0.05) is 18.1 Å².